The van der Waals surface area contributed by atoms with Crippen LogP contribution in [-0.4, -0.2) is 34.1 Å². The minimum Gasteiger partial charge on any atom is -0.476 e. The third kappa shape index (κ3) is 4.49. The number of hydrogen-bond donors (Lipinski definition) is 1. The molecule has 2 heterocycles. The molecule has 7 nitrogen and oxygen atoms in total. The van der Waals surface area contributed by atoms with Gasteiger partial charge in [0, 0.05) is 18.2 Å². The van der Waals surface area contributed by atoms with Gasteiger partial charge in [-0.15, -0.1) is 12.4 Å². The van der Waals surface area contributed by atoms with Crippen molar-refractivity contribution in [2.24, 2.45) is 0 Å². The van der Waals surface area contributed by atoms with Crippen LogP contribution in [0.25, 0.3) is 11.0 Å². The molecule has 1 aromatic carbocycles. The van der Waals surface area contributed by atoms with Crippen LogP contribution < -0.4 is 10.1 Å². The number of hydrogen-bond acceptors (Lipinski definition) is 6. The summed E-state index contributed by atoms with van der Waals surface area (Å²) in [6.45, 7) is 1.67. The molecule has 8 heteroatoms. The Bertz CT molecular complexity index is 677. The first kappa shape index (κ1) is 17.4. The predicted octanol–water partition coefficient (Wildman–Crippen LogP) is 2.87. The van der Waals surface area contributed by atoms with Crippen LogP contribution in [0, 0.1) is 10.1 Å². The zero-order valence-electron chi connectivity index (χ0n) is 12.6. The molecule has 0 radical (unpaired) electrons. The van der Waals surface area contributed by atoms with E-state index in [9.17, 15) is 10.1 Å². The summed E-state index contributed by atoms with van der Waals surface area (Å²) < 4.78 is 5.65. The van der Waals surface area contributed by atoms with Crippen LogP contribution in [0.1, 0.15) is 25.7 Å². The number of benzene rings is 1. The van der Waals surface area contributed by atoms with E-state index in [1.165, 1.54) is 37.6 Å². The van der Waals surface area contributed by atoms with Crippen molar-refractivity contribution in [2.75, 3.05) is 13.2 Å². The van der Waals surface area contributed by atoms with Gasteiger partial charge in [0.05, 0.1) is 28.8 Å². The number of nitrogens with one attached hydrogen (secondary N) is 1. The molecule has 1 aliphatic heterocycles. The van der Waals surface area contributed by atoms with Gasteiger partial charge < -0.3 is 10.1 Å². The van der Waals surface area contributed by atoms with Gasteiger partial charge in [-0.05, 0) is 31.9 Å². The molecule has 1 aliphatic rings. The van der Waals surface area contributed by atoms with E-state index in [1.54, 1.807) is 6.07 Å². The number of fused-ring (bicyclic) bond motifs is 1. The smallest absolute Gasteiger partial charge is 0.271 e. The highest BCUT2D eigenvalue weighted by Gasteiger charge is 2.13. The van der Waals surface area contributed by atoms with Crippen molar-refractivity contribution in [3.63, 3.8) is 0 Å². The lowest BCUT2D eigenvalue weighted by molar-refractivity contribution is -0.384. The van der Waals surface area contributed by atoms with Gasteiger partial charge in [-0.25, -0.2) is 9.97 Å². The summed E-state index contributed by atoms with van der Waals surface area (Å²) in [7, 11) is 0. The van der Waals surface area contributed by atoms with Crippen LogP contribution >= 0.6 is 12.4 Å². The average molecular weight is 339 g/mol. The monoisotopic (exact) mass is 338 g/mol. The molecule has 1 unspecified atom stereocenters. The SMILES string of the molecule is Cl.O=[N+]([O-])c1ccc2nc(OCCC3CCCCN3)cnc2c1. The number of halogens is 1. The summed E-state index contributed by atoms with van der Waals surface area (Å²) in [5.41, 5.74) is 1.10. The molecule has 1 aromatic heterocycles. The molecular weight excluding hydrogens is 320 g/mol. The zero-order chi connectivity index (χ0) is 15.4. The van der Waals surface area contributed by atoms with Crippen LogP contribution in [0.5, 0.6) is 5.88 Å². The van der Waals surface area contributed by atoms with Crippen LogP contribution in [0.15, 0.2) is 24.4 Å². The van der Waals surface area contributed by atoms with Gasteiger partial charge in [-0.1, -0.05) is 6.42 Å². The fraction of sp³-hybridized carbons (Fsp3) is 0.467. The summed E-state index contributed by atoms with van der Waals surface area (Å²) in [6, 6.07) is 4.95. The Morgan fingerprint density at radius 1 is 1.35 bits per heavy atom. The van der Waals surface area contributed by atoms with E-state index in [0.717, 1.165) is 13.0 Å². The van der Waals surface area contributed by atoms with Crippen LogP contribution in [0.4, 0.5) is 5.69 Å². The summed E-state index contributed by atoms with van der Waals surface area (Å²) >= 11 is 0. The van der Waals surface area contributed by atoms with Gasteiger partial charge in [0.25, 0.3) is 5.69 Å². The lowest BCUT2D eigenvalue weighted by atomic mass is 10.0. The Balaban J connectivity index is 0.00000192. The van der Waals surface area contributed by atoms with E-state index < -0.39 is 4.92 Å². The van der Waals surface area contributed by atoms with Gasteiger partial charge in [0.15, 0.2) is 0 Å². The molecule has 0 saturated carbocycles. The molecule has 2 aromatic rings. The topological polar surface area (TPSA) is 90.2 Å². The number of nitro groups is 1. The Kier molecular flexibility index (Phi) is 6.06. The second-order valence-corrected chi connectivity index (χ2v) is 5.42. The number of aromatic nitrogens is 2. The third-order valence-electron chi connectivity index (χ3n) is 3.84. The van der Waals surface area contributed by atoms with Gasteiger partial charge in [0.1, 0.15) is 0 Å². The summed E-state index contributed by atoms with van der Waals surface area (Å²) in [6.07, 6.45) is 6.17. The van der Waals surface area contributed by atoms with E-state index in [4.69, 9.17) is 4.74 Å². The van der Waals surface area contributed by atoms with Crippen molar-refractivity contribution in [3.05, 3.63) is 34.5 Å². The second-order valence-electron chi connectivity index (χ2n) is 5.42. The normalized spacial score (nSPS) is 17.5. The van der Waals surface area contributed by atoms with Crippen molar-refractivity contribution >= 4 is 29.1 Å². The van der Waals surface area contributed by atoms with E-state index in [-0.39, 0.29) is 18.1 Å². The molecule has 124 valence electrons. The van der Waals surface area contributed by atoms with Crippen LogP contribution in [-0.2, 0) is 0 Å². The first-order valence-electron chi connectivity index (χ1n) is 7.50. The quantitative estimate of drug-likeness (QED) is 0.666. The lowest BCUT2D eigenvalue weighted by Gasteiger charge is -2.23. The molecule has 0 spiro atoms. The first-order chi connectivity index (χ1) is 10.7. The highest BCUT2D eigenvalue weighted by Crippen LogP contribution is 2.20. The Morgan fingerprint density at radius 2 is 2.22 bits per heavy atom. The third-order valence-corrected chi connectivity index (χ3v) is 3.84. The number of piperidine rings is 1. The maximum atomic E-state index is 10.7. The molecule has 3 rings (SSSR count). The molecule has 0 amide bonds. The maximum Gasteiger partial charge on any atom is 0.271 e. The zero-order valence-corrected chi connectivity index (χ0v) is 13.4. The largest absolute Gasteiger partial charge is 0.476 e. The first-order valence-corrected chi connectivity index (χ1v) is 7.50. The van der Waals surface area contributed by atoms with Crippen molar-refractivity contribution in [2.45, 2.75) is 31.7 Å². The predicted molar refractivity (Wildman–Crippen MR) is 89.2 cm³/mol. The molecule has 1 saturated heterocycles. The summed E-state index contributed by atoms with van der Waals surface area (Å²) in [5.74, 6) is 0.456. The maximum absolute atomic E-state index is 10.7. The van der Waals surface area contributed by atoms with E-state index in [1.807, 2.05) is 0 Å². The average Bonchev–Trinajstić information content (AvgIpc) is 2.55. The van der Waals surface area contributed by atoms with Gasteiger partial charge in [0.2, 0.25) is 5.88 Å². The summed E-state index contributed by atoms with van der Waals surface area (Å²) in [4.78, 5) is 18.8. The van der Waals surface area contributed by atoms with Gasteiger partial charge in [-0.3, -0.25) is 10.1 Å². The Morgan fingerprint density at radius 3 is 2.96 bits per heavy atom. The Labute approximate surface area is 140 Å². The highest BCUT2D eigenvalue weighted by atomic mass is 35.5. The molecule has 23 heavy (non-hydrogen) atoms. The molecule has 1 N–H and O–H groups in total. The van der Waals surface area contributed by atoms with Crippen molar-refractivity contribution < 1.29 is 9.66 Å². The minimum absolute atomic E-state index is 0. The molecule has 0 bridgehead atoms. The van der Waals surface area contributed by atoms with Crippen molar-refractivity contribution in [1.29, 1.82) is 0 Å². The molecule has 1 atom stereocenters. The standard InChI is InChI=1S/C15H18N4O3.ClH/c20-19(21)12-4-5-13-14(9-12)17-10-15(18-13)22-8-6-11-3-1-2-7-16-11;/h4-5,9-11,16H,1-3,6-8H2;1H. The number of ether oxygens (including phenoxy) is 1. The fourth-order valence-corrected chi connectivity index (χ4v) is 2.64. The van der Waals surface area contributed by atoms with Crippen LogP contribution in [0.2, 0.25) is 0 Å². The number of rotatable bonds is 5. The number of nitro benzene ring substituents is 1. The second kappa shape index (κ2) is 8.03. The molecular formula is C15H19ClN4O3. The van der Waals surface area contributed by atoms with Gasteiger partial charge in [-0.2, -0.15) is 0 Å². The van der Waals surface area contributed by atoms with E-state index in [2.05, 4.69) is 15.3 Å². The van der Waals surface area contributed by atoms with Gasteiger partial charge >= 0.3 is 0 Å². The highest BCUT2D eigenvalue weighted by molar-refractivity contribution is 5.85. The van der Waals surface area contributed by atoms with Crippen molar-refractivity contribution in [1.82, 2.24) is 15.3 Å². The van der Waals surface area contributed by atoms with Crippen LogP contribution in [0.3, 0.4) is 0 Å². The molecule has 1 fully saturated rings. The Hall–Kier alpha value is -1.99. The molecule has 0 aliphatic carbocycles. The van der Waals surface area contributed by atoms with E-state index >= 15 is 0 Å². The lowest BCUT2D eigenvalue weighted by Crippen LogP contribution is -2.35. The fourth-order valence-electron chi connectivity index (χ4n) is 2.64. The van der Waals surface area contributed by atoms with E-state index in [0.29, 0.717) is 29.6 Å². The minimum atomic E-state index is -0.442. The number of nitrogens with zero attached hydrogens (tertiary/aromatic N) is 3. The number of non-ortho nitro benzene ring substituents is 1. The van der Waals surface area contributed by atoms with Crippen molar-refractivity contribution in [3.8, 4) is 5.88 Å². The summed E-state index contributed by atoms with van der Waals surface area (Å²) in [5, 5.41) is 14.2.